The van der Waals surface area contributed by atoms with Crippen LogP contribution in [-0.2, 0) is 16.1 Å². The van der Waals surface area contributed by atoms with Crippen LogP contribution in [0, 0.1) is 0 Å². The van der Waals surface area contributed by atoms with Crippen LogP contribution in [0.15, 0.2) is 30.3 Å². The summed E-state index contributed by atoms with van der Waals surface area (Å²) >= 11 is 0. The van der Waals surface area contributed by atoms with Gasteiger partial charge in [-0.05, 0) is 25.3 Å². The summed E-state index contributed by atoms with van der Waals surface area (Å²) in [6.45, 7) is 4.30. The molecule has 1 saturated carbocycles. The standard InChI is InChI=1S/C16H25NO3/c1-2-20-16-8-14(9-16)17-10-15(18)12-19-11-13-6-4-3-5-7-13/h3-7,14-18H,2,8-12H2,1H3. The van der Waals surface area contributed by atoms with Crippen molar-refractivity contribution in [3.8, 4) is 0 Å². The zero-order chi connectivity index (χ0) is 14.2. The number of nitrogens with one attached hydrogen (secondary N) is 1. The molecular formula is C16H25NO3. The molecule has 20 heavy (non-hydrogen) atoms. The molecule has 2 N–H and O–H groups in total. The lowest BCUT2D eigenvalue weighted by molar-refractivity contribution is -0.0172. The van der Waals surface area contributed by atoms with Gasteiger partial charge in [0.2, 0.25) is 0 Å². The minimum atomic E-state index is -0.454. The van der Waals surface area contributed by atoms with Crippen molar-refractivity contribution in [1.29, 1.82) is 0 Å². The highest BCUT2D eigenvalue weighted by Crippen LogP contribution is 2.22. The lowest BCUT2D eigenvalue weighted by Gasteiger charge is -2.36. The van der Waals surface area contributed by atoms with Crippen molar-refractivity contribution in [3.05, 3.63) is 35.9 Å². The number of aliphatic hydroxyl groups is 1. The zero-order valence-corrected chi connectivity index (χ0v) is 12.1. The number of rotatable bonds is 9. The first-order chi connectivity index (χ1) is 9.78. The summed E-state index contributed by atoms with van der Waals surface area (Å²) < 4.78 is 11.0. The van der Waals surface area contributed by atoms with Crippen LogP contribution in [0.4, 0.5) is 0 Å². The first-order valence-electron chi connectivity index (χ1n) is 7.42. The average Bonchev–Trinajstić information content (AvgIpc) is 2.42. The highest BCUT2D eigenvalue weighted by atomic mass is 16.5. The van der Waals surface area contributed by atoms with Gasteiger partial charge in [0.25, 0.3) is 0 Å². The van der Waals surface area contributed by atoms with E-state index in [4.69, 9.17) is 9.47 Å². The minimum absolute atomic E-state index is 0.365. The summed E-state index contributed by atoms with van der Waals surface area (Å²) in [5.41, 5.74) is 1.13. The van der Waals surface area contributed by atoms with Crippen molar-refractivity contribution in [1.82, 2.24) is 5.32 Å². The van der Waals surface area contributed by atoms with E-state index in [1.807, 2.05) is 37.3 Å². The largest absolute Gasteiger partial charge is 0.389 e. The molecule has 0 amide bonds. The molecule has 0 spiro atoms. The van der Waals surface area contributed by atoms with Gasteiger partial charge >= 0.3 is 0 Å². The van der Waals surface area contributed by atoms with Crippen LogP contribution >= 0.6 is 0 Å². The molecule has 1 aromatic carbocycles. The zero-order valence-electron chi connectivity index (χ0n) is 12.1. The third-order valence-electron chi connectivity index (χ3n) is 3.56. The fraction of sp³-hybridized carbons (Fsp3) is 0.625. The van der Waals surface area contributed by atoms with Crippen LogP contribution < -0.4 is 5.32 Å². The summed E-state index contributed by atoms with van der Waals surface area (Å²) in [5.74, 6) is 0. The Labute approximate surface area is 121 Å². The van der Waals surface area contributed by atoms with Gasteiger partial charge in [0, 0.05) is 19.2 Å². The van der Waals surface area contributed by atoms with E-state index >= 15 is 0 Å². The SMILES string of the molecule is CCOC1CC(NCC(O)COCc2ccccc2)C1. The topological polar surface area (TPSA) is 50.7 Å². The molecule has 0 aliphatic heterocycles. The van der Waals surface area contributed by atoms with Crippen LogP contribution in [0.3, 0.4) is 0 Å². The molecule has 0 bridgehead atoms. The predicted octanol–water partition coefficient (Wildman–Crippen LogP) is 1.72. The van der Waals surface area contributed by atoms with Crippen LogP contribution in [-0.4, -0.2) is 43.1 Å². The smallest absolute Gasteiger partial charge is 0.0897 e. The van der Waals surface area contributed by atoms with Crippen LogP contribution in [0.1, 0.15) is 25.3 Å². The number of benzene rings is 1. The number of ether oxygens (including phenoxy) is 2. The third-order valence-corrected chi connectivity index (χ3v) is 3.56. The Balaban J connectivity index is 1.50. The molecule has 0 radical (unpaired) electrons. The van der Waals surface area contributed by atoms with Crippen LogP contribution in [0.5, 0.6) is 0 Å². The van der Waals surface area contributed by atoms with Crippen molar-refractivity contribution in [2.24, 2.45) is 0 Å². The lowest BCUT2D eigenvalue weighted by Crippen LogP contribution is -2.48. The number of hydrogen-bond acceptors (Lipinski definition) is 4. The van der Waals surface area contributed by atoms with Crippen molar-refractivity contribution in [2.45, 2.75) is 44.6 Å². The van der Waals surface area contributed by atoms with Gasteiger partial charge in [0.15, 0.2) is 0 Å². The third kappa shape index (κ3) is 5.21. The van der Waals surface area contributed by atoms with Gasteiger partial charge in [-0.1, -0.05) is 30.3 Å². The molecule has 1 aromatic rings. The van der Waals surface area contributed by atoms with Gasteiger partial charge in [-0.2, -0.15) is 0 Å². The molecule has 0 aromatic heterocycles. The molecule has 1 fully saturated rings. The maximum Gasteiger partial charge on any atom is 0.0897 e. The summed E-state index contributed by atoms with van der Waals surface area (Å²) in [7, 11) is 0. The Morgan fingerprint density at radius 1 is 1.30 bits per heavy atom. The molecule has 1 unspecified atom stereocenters. The van der Waals surface area contributed by atoms with Crippen molar-refractivity contribution in [2.75, 3.05) is 19.8 Å². The molecule has 1 aliphatic rings. The van der Waals surface area contributed by atoms with Gasteiger partial charge in [0.05, 0.1) is 25.4 Å². The van der Waals surface area contributed by atoms with Crippen molar-refractivity contribution in [3.63, 3.8) is 0 Å². The summed E-state index contributed by atoms with van der Waals surface area (Å²) in [4.78, 5) is 0. The highest BCUT2D eigenvalue weighted by molar-refractivity contribution is 5.13. The summed E-state index contributed by atoms with van der Waals surface area (Å²) in [5, 5.41) is 13.2. The molecule has 0 heterocycles. The number of aliphatic hydroxyl groups excluding tert-OH is 1. The van der Waals surface area contributed by atoms with E-state index in [0.717, 1.165) is 25.0 Å². The van der Waals surface area contributed by atoms with Crippen molar-refractivity contribution >= 4 is 0 Å². The second kappa shape index (κ2) is 8.37. The Morgan fingerprint density at radius 2 is 2.05 bits per heavy atom. The fourth-order valence-corrected chi connectivity index (χ4v) is 2.35. The number of hydrogen-bond donors (Lipinski definition) is 2. The summed E-state index contributed by atoms with van der Waals surface area (Å²) in [6, 6.07) is 10.5. The predicted molar refractivity (Wildman–Crippen MR) is 78.5 cm³/mol. The van der Waals surface area contributed by atoms with E-state index in [-0.39, 0.29) is 0 Å². The fourth-order valence-electron chi connectivity index (χ4n) is 2.35. The monoisotopic (exact) mass is 279 g/mol. The molecule has 1 aliphatic carbocycles. The minimum Gasteiger partial charge on any atom is -0.389 e. The summed E-state index contributed by atoms with van der Waals surface area (Å²) in [6.07, 6.45) is 2.05. The molecule has 112 valence electrons. The Kier molecular flexibility index (Phi) is 6.47. The second-order valence-corrected chi connectivity index (χ2v) is 5.31. The van der Waals surface area contributed by atoms with E-state index in [1.165, 1.54) is 0 Å². The average molecular weight is 279 g/mol. The Morgan fingerprint density at radius 3 is 2.75 bits per heavy atom. The molecule has 4 nitrogen and oxygen atoms in total. The quantitative estimate of drug-likeness (QED) is 0.723. The Hall–Kier alpha value is -0.940. The van der Waals surface area contributed by atoms with Gasteiger partial charge in [-0.3, -0.25) is 0 Å². The van der Waals surface area contributed by atoms with Crippen molar-refractivity contribution < 1.29 is 14.6 Å². The molecule has 1 atom stereocenters. The van der Waals surface area contributed by atoms with E-state index in [9.17, 15) is 5.11 Å². The molecule has 0 saturated heterocycles. The molecule has 4 heteroatoms. The maximum atomic E-state index is 9.85. The first kappa shape index (κ1) is 15.4. The molecular weight excluding hydrogens is 254 g/mol. The van der Waals surface area contributed by atoms with Crippen LogP contribution in [0.25, 0.3) is 0 Å². The second-order valence-electron chi connectivity index (χ2n) is 5.31. The Bertz CT molecular complexity index is 365. The van der Waals surface area contributed by atoms with Gasteiger partial charge in [0.1, 0.15) is 0 Å². The molecule has 2 rings (SSSR count). The van der Waals surface area contributed by atoms with Gasteiger partial charge in [-0.25, -0.2) is 0 Å². The first-order valence-corrected chi connectivity index (χ1v) is 7.42. The maximum absolute atomic E-state index is 9.85. The van der Waals surface area contributed by atoms with E-state index < -0.39 is 6.10 Å². The van der Waals surface area contributed by atoms with Crippen LogP contribution in [0.2, 0.25) is 0 Å². The van der Waals surface area contributed by atoms with E-state index in [1.54, 1.807) is 0 Å². The van der Waals surface area contributed by atoms with E-state index in [2.05, 4.69) is 5.32 Å². The van der Waals surface area contributed by atoms with Gasteiger partial charge in [-0.15, -0.1) is 0 Å². The van der Waals surface area contributed by atoms with E-state index in [0.29, 0.717) is 31.9 Å². The normalized spacial score (nSPS) is 23.3. The highest BCUT2D eigenvalue weighted by Gasteiger charge is 2.29. The lowest BCUT2D eigenvalue weighted by atomic mass is 9.89. The van der Waals surface area contributed by atoms with Gasteiger partial charge < -0.3 is 19.9 Å².